The topological polar surface area (TPSA) is 91.0 Å². The number of nitrogens with zero attached hydrogens (tertiary/aromatic N) is 7. The first-order valence-electron chi connectivity index (χ1n) is 21.6. The summed E-state index contributed by atoms with van der Waals surface area (Å²) in [4.78, 5) is 26.1. The van der Waals surface area contributed by atoms with Gasteiger partial charge in [0.15, 0.2) is 5.82 Å². The first-order valence-corrected chi connectivity index (χ1v) is 21.6. The highest BCUT2D eigenvalue weighted by Crippen LogP contribution is 2.45. The number of aryl methyl sites for hydroxylation is 1. The van der Waals surface area contributed by atoms with Crippen molar-refractivity contribution in [2.75, 3.05) is 6.54 Å². The molecule has 9 heteroatoms. The Balaban J connectivity index is 1.03. The van der Waals surface area contributed by atoms with Crippen LogP contribution in [-0.4, -0.2) is 47.4 Å². The maximum absolute atomic E-state index is 14.5. The van der Waals surface area contributed by atoms with E-state index in [4.69, 9.17) is 20.1 Å². The van der Waals surface area contributed by atoms with E-state index in [1.165, 1.54) is 6.42 Å². The molecule has 0 aliphatic carbocycles. The van der Waals surface area contributed by atoms with Crippen molar-refractivity contribution in [2.24, 2.45) is 0 Å². The Labute approximate surface area is 356 Å². The van der Waals surface area contributed by atoms with E-state index in [1.807, 2.05) is 45.6 Å². The van der Waals surface area contributed by atoms with Gasteiger partial charge in [-0.1, -0.05) is 159 Å². The van der Waals surface area contributed by atoms with Gasteiger partial charge in [0.2, 0.25) is 0 Å². The van der Waals surface area contributed by atoms with Crippen LogP contribution in [0.15, 0.2) is 163 Å². The van der Waals surface area contributed by atoms with E-state index in [9.17, 15) is 4.79 Å². The summed E-state index contributed by atoms with van der Waals surface area (Å²) >= 11 is 0. The number of hydroxylamine groups is 2. The molecule has 2 fully saturated rings. The van der Waals surface area contributed by atoms with E-state index in [-0.39, 0.29) is 5.56 Å². The van der Waals surface area contributed by atoms with Crippen LogP contribution >= 0.6 is 0 Å². The average Bonchev–Trinajstić information content (AvgIpc) is 4.05. The molecule has 61 heavy (non-hydrogen) atoms. The van der Waals surface area contributed by atoms with Crippen molar-refractivity contribution < 1.29 is 4.84 Å². The monoisotopic (exact) mass is 803 g/mol. The average molecular weight is 804 g/mol. The molecule has 2 aliphatic heterocycles. The molecule has 2 atom stereocenters. The molecule has 6 aromatic carbocycles. The van der Waals surface area contributed by atoms with E-state index >= 15 is 0 Å². The van der Waals surface area contributed by atoms with Gasteiger partial charge in [0.25, 0.3) is 5.56 Å². The second kappa shape index (κ2) is 16.1. The van der Waals surface area contributed by atoms with E-state index in [0.29, 0.717) is 23.8 Å². The Bertz CT molecular complexity index is 2750. The molecular formula is C52H49N7O2. The van der Waals surface area contributed by atoms with Gasteiger partial charge in [0.1, 0.15) is 17.0 Å². The molecule has 0 spiro atoms. The molecule has 2 aliphatic rings. The van der Waals surface area contributed by atoms with Crippen molar-refractivity contribution in [3.8, 4) is 22.5 Å². The van der Waals surface area contributed by atoms with Crippen LogP contribution in [-0.2, 0) is 28.9 Å². The highest BCUT2D eigenvalue weighted by Gasteiger charge is 2.46. The highest BCUT2D eigenvalue weighted by atomic mass is 16.7. The molecule has 10 rings (SSSR count). The lowest BCUT2D eigenvalue weighted by Gasteiger charge is -2.36. The lowest BCUT2D eigenvalue weighted by atomic mass is 9.77. The zero-order valence-electron chi connectivity index (χ0n) is 34.7. The lowest BCUT2D eigenvalue weighted by Crippen LogP contribution is -2.39. The number of aromatic nitrogens is 6. The molecule has 4 heterocycles. The Hall–Kier alpha value is -6.55. The predicted molar refractivity (Wildman–Crippen MR) is 240 cm³/mol. The molecule has 0 saturated carbocycles. The fourth-order valence-electron chi connectivity index (χ4n) is 9.72. The summed E-state index contributed by atoms with van der Waals surface area (Å²) in [7, 11) is 0. The third kappa shape index (κ3) is 6.88. The van der Waals surface area contributed by atoms with Gasteiger partial charge < -0.3 is 0 Å². The van der Waals surface area contributed by atoms with Gasteiger partial charge in [-0.15, -0.1) is 5.10 Å². The molecule has 0 amide bonds. The molecule has 2 unspecified atom stereocenters. The van der Waals surface area contributed by atoms with Crippen molar-refractivity contribution in [2.45, 2.75) is 76.1 Å². The first-order chi connectivity index (χ1) is 30.0. The summed E-state index contributed by atoms with van der Waals surface area (Å²) in [5.41, 5.74) is 7.47. The van der Waals surface area contributed by atoms with Crippen LogP contribution in [0.1, 0.15) is 79.6 Å². The number of unbranched alkanes of at least 4 members (excludes halogenated alkanes) is 1. The highest BCUT2D eigenvalue weighted by molar-refractivity contribution is 5.81. The third-order valence-electron chi connectivity index (χ3n) is 12.8. The number of hydrogen-bond acceptors (Lipinski definition) is 7. The third-order valence-corrected chi connectivity index (χ3v) is 12.8. The fourth-order valence-corrected chi connectivity index (χ4v) is 9.72. The second-order valence-electron chi connectivity index (χ2n) is 16.7. The second-order valence-corrected chi connectivity index (χ2v) is 16.7. The maximum atomic E-state index is 14.5. The molecule has 2 saturated heterocycles. The molecule has 304 valence electrons. The molecular weight excluding hydrogens is 755 g/mol. The normalized spacial score (nSPS) is 17.8. The van der Waals surface area contributed by atoms with Crippen LogP contribution in [0.2, 0.25) is 0 Å². The number of benzene rings is 6. The van der Waals surface area contributed by atoms with Crippen molar-refractivity contribution in [3.63, 3.8) is 0 Å². The van der Waals surface area contributed by atoms with Gasteiger partial charge in [-0.05, 0) is 87.7 Å². The Kier molecular flexibility index (Phi) is 10.2. The molecule has 0 radical (unpaired) electrons. The van der Waals surface area contributed by atoms with E-state index in [0.717, 1.165) is 94.5 Å². The van der Waals surface area contributed by atoms with E-state index in [1.54, 1.807) is 0 Å². The van der Waals surface area contributed by atoms with Gasteiger partial charge in [-0.25, -0.2) is 9.67 Å². The number of tetrazole rings is 1. The molecule has 0 bridgehead atoms. The number of rotatable bonds is 12. The fraction of sp³-hybridized carbons (Fsp3) is 0.250. The first kappa shape index (κ1) is 38.6. The summed E-state index contributed by atoms with van der Waals surface area (Å²) < 4.78 is 3.86. The minimum Gasteiger partial charge on any atom is -0.292 e. The SMILES string of the molecule is CCCCc1nc2ccc(C3(C)CC4CCCN4O3)cc2c(=O)n1Cc1ccc(-c2ccccc2-c2nnnn2C(c2ccccc2)(c2ccccc2)c2ccccc2)cc1. The lowest BCUT2D eigenvalue weighted by molar-refractivity contribution is -0.192. The minimum absolute atomic E-state index is 0.0139. The van der Waals surface area contributed by atoms with Crippen LogP contribution < -0.4 is 5.56 Å². The van der Waals surface area contributed by atoms with Gasteiger partial charge >= 0.3 is 0 Å². The Morgan fingerprint density at radius 3 is 2.05 bits per heavy atom. The summed E-state index contributed by atoms with van der Waals surface area (Å²) in [5, 5.41) is 16.7. The van der Waals surface area contributed by atoms with E-state index in [2.05, 4.69) is 145 Å². The summed E-state index contributed by atoms with van der Waals surface area (Å²) in [5.74, 6) is 1.46. The van der Waals surface area contributed by atoms with Crippen molar-refractivity contribution in [1.29, 1.82) is 0 Å². The van der Waals surface area contributed by atoms with Crippen LogP contribution in [0.5, 0.6) is 0 Å². The molecule has 9 nitrogen and oxygen atoms in total. The van der Waals surface area contributed by atoms with Crippen molar-refractivity contribution in [1.82, 2.24) is 34.8 Å². The Morgan fingerprint density at radius 1 is 0.770 bits per heavy atom. The van der Waals surface area contributed by atoms with Gasteiger partial charge in [-0.3, -0.25) is 14.2 Å². The summed E-state index contributed by atoms with van der Waals surface area (Å²) in [6.45, 7) is 5.70. The summed E-state index contributed by atoms with van der Waals surface area (Å²) in [6, 6.07) is 54.7. The zero-order valence-corrected chi connectivity index (χ0v) is 34.7. The minimum atomic E-state index is -0.879. The van der Waals surface area contributed by atoms with Gasteiger partial charge in [0, 0.05) is 31.0 Å². The van der Waals surface area contributed by atoms with Crippen LogP contribution in [0.3, 0.4) is 0 Å². The summed E-state index contributed by atoms with van der Waals surface area (Å²) in [6.07, 6.45) is 5.94. The molecule has 2 aromatic heterocycles. The van der Waals surface area contributed by atoms with Gasteiger partial charge in [-0.2, -0.15) is 5.06 Å². The number of hydrogen-bond donors (Lipinski definition) is 0. The van der Waals surface area contributed by atoms with Gasteiger partial charge in [0.05, 0.1) is 17.4 Å². The largest absolute Gasteiger partial charge is 0.292 e. The van der Waals surface area contributed by atoms with Crippen LogP contribution in [0.4, 0.5) is 0 Å². The van der Waals surface area contributed by atoms with Crippen LogP contribution in [0, 0.1) is 0 Å². The van der Waals surface area contributed by atoms with E-state index < -0.39 is 11.1 Å². The van der Waals surface area contributed by atoms with Crippen LogP contribution in [0.25, 0.3) is 33.4 Å². The maximum Gasteiger partial charge on any atom is 0.261 e. The number of fused-ring (bicyclic) bond motifs is 2. The molecule has 0 N–H and O–H groups in total. The standard InChI is InChI=1S/C52H49N7O2/c1-3-4-26-48-53-47-32-31-42(51(2)35-43-23-16-33-58(43)61-51)34-46(47)50(60)57(48)36-37-27-29-38(30-28-37)44-24-14-15-25-45(44)49-54-55-56-59(49)52(39-17-8-5-9-18-39,40-19-10-6-11-20-40)41-21-12-7-13-22-41/h5-15,17-22,24-25,27-32,34,43H,3-4,16,23,26,33,35-36H2,1-2H3. The smallest absolute Gasteiger partial charge is 0.261 e. The van der Waals surface area contributed by atoms with Crippen molar-refractivity contribution in [3.05, 3.63) is 202 Å². The predicted octanol–water partition coefficient (Wildman–Crippen LogP) is 9.96. The molecule has 8 aromatic rings. The Morgan fingerprint density at radius 2 is 1.41 bits per heavy atom. The zero-order chi connectivity index (χ0) is 41.4. The van der Waals surface area contributed by atoms with Crippen molar-refractivity contribution >= 4 is 10.9 Å². The quantitative estimate of drug-likeness (QED) is 0.114.